The Kier molecular flexibility index (Phi) is 6.77. The molecule has 4 rings (SSSR count). The average Bonchev–Trinajstić information content (AvgIpc) is 3.30. The smallest absolute Gasteiger partial charge is 0.243 e. The zero-order valence-electron chi connectivity index (χ0n) is 18.2. The van der Waals surface area contributed by atoms with Crippen LogP contribution in [0.4, 0.5) is 0 Å². The number of sulfonamides is 1. The highest BCUT2D eigenvalue weighted by Crippen LogP contribution is 2.35. The van der Waals surface area contributed by atoms with Crippen LogP contribution >= 0.6 is 0 Å². The van der Waals surface area contributed by atoms with Gasteiger partial charge in [-0.25, -0.2) is 8.42 Å². The molecule has 2 heterocycles. The van der Waals surface area contributed by atoms with E-state index in [0.717, 1.165) is 38.6 Å². The van der Waals surface area contributed by atoms with Gasteiger partial charge in [-0.05, 0) is 49.8 Å². The van der Waals surface area contributed by atoms with E-state index < -0.39 is 10.0 Å². The van der Waals surface area contributed by atoms with Crippen LogP contribution in [-0.4, -0.2) is 49.2 Å². The Labute approximate surface area is 186 Å². The van der Waals surface area contributed by atoms with Crippen LogP contribution in [0.3, 0.4) is 0 Å². The van der Waals surface area contributed by atoms with E-state index in [2.05, 4.69) is 36.1 Å². The van der Waals surface area contributed by atoms with Gasteiger partial charge in [-0.15, -0.1) is 0 Å². The number of amides is 1. The minimum Gasteiger partial charge on any atom is -0.339 e. The number of rotatable bonds is 6. The normalized spacial score (nSPS) is 23.6. The van der Waals surface area contributed by atoms with Crippen LogP contribution in [0.1, 0.15) is 50.5 Å². The van der Waals surface area contributed by atoms with Gasteiger partial charge >= 0.3 is 0 Å². The van der Waals surface area contributed by atoms with Crippen molar-refractivity contribution in [2.24, 2.45) is 5.92 Å². The second-order valence-corrected chi connectivity index (χ2v) is 10.6. The fourth-order valence-electron chi connectivity index (χ4n) is 5.25. The van der Waals surface area contributed by atoms with Crippen LogP contribution < -0.4 is 0 Å². The Hall–Kier alpha value is -2.18. The average molecular weight is 441 g/mol. The Morgan fingerprint density at radius 1 is 0.968 bits per heavy atom. The zero-order valence-corrected chi connectivity index (χ0v) is 19.0. The second-order valence-electron chi connectivity index (χ2n) is 8.68. The van der Waals surface area contributed by atoms with Gasteiger partial charge < -0.3 is 4.90 Å². The van der Waals surface area contributed by atoms with Gasteiger partial charge in [0.15, 0.2) is 0 Å². The summed E-state index contributed by atoms with van der Waals surface area (Å²) in [7, 11) is -3.57. The third kappa shape index (κ3) is 4.55. The van der Waals surface area contributed by atoms with Crippen molar-refractivity contribution in [1.29, 1.82) is 0 Å². The molecular formula is C25H32N2O3S. The number of hydrogen-bond acceptors (Lipinski definition) is 3. The van der Waals surface area contributed by atoms with Crippen LogP contribution in [0.15, 0.2) is 65.6 Å². The number of benzene rings is 2. The number of piperidine rings is 1. The molecule has 2 saturated heterocycles. The van der Waals surface area contributed by atoms with Crippen LogP contribution in [0.25, 0.3) is 0 Å². The summed E-state index contributed by atoms with van der Waals surface area (Å²) in [5.74, 6) is 0.186. The lowest BCUT2D eigenvalue weighted by atomic mass is 9.87. The molecule has 166 valence electrons. The van der Waals surface area contributed by atoms with Gasteiger partial charge in [-0.1, -0.05) is 55.5 Å². The van der Waals surface area contributed by atoms with Crippen molar-refractivity contribution in [1.82, 2.24) is 9.21 Å². The Morgan fingerprint density at radius 2 is 1.61 bits per heavy atom. The Bertz CT molecular complexity index is 978. The lowest BCUT2D eigenvalue weighted by Crippen LogP contribution is -2.48. The van der Waals surface area contributed by atoms with Crippen molar-refractivity contribution >= 4 is 15.9 Å². The minimum atomic E-state index is -3.57. The molecule has 0 spiro atoms. The molecule has 2 aromatic carbocycles. The highest BCUT2D eigenvalue weighted by atomic mass is 32.2. The predicted octanol–water partition coefficient (Wildman–Crippen LogP) is 4.27. The monoisotopic (exact) mass is 440 g/mol. The van der Waals surface area contributed by atoms with Gasteiger partial charge in [-0.2, -0.15) is 4.31 Å². The van der Waals surface area contributed by atoms with Gasteiger partial charge in [-0.3, -0.25) is 4.79 Å². The maximum Gasteiger partial charge on any atom is 0.243 e. The van der Waals surface area contributed by atoms with E-state index >= 15 is 0 Å². The van der Waals surface area contributed by atoms with E-state index in [4.69, 9.17) is 0 Å². The highest BCUT2D eigenvalue weighted by Gasteiger charge is 2.40. The summed E-state index contributed by atoms with van der Waals surface area (Å²) in [5.41, 5.74) is 1.28. The van der Waals surface area contributed by atoms with E-state index in [1.165, 1.54) is 9.87 Å². The van der Waals surface area contributed by atoms with E-state index in [-0.39, 0.29) is 24.4 Å². The Balaban J connectivity index is 1.51. The van der Waals surface area contributed by atoms with Crippen LogP contribution in [0.5, 0.6) is 0 Å². The third-order valence-electron chi connectivity index (χ3n) is 6.83. The van der Waals surface area contributed by atoms with Gasteiger partial charge in [0.1, 0.15) is 0 Å². The number of carbonyl (C=O) groups excluding carboxylic acids is 1. The number of hydrogen-bond donors (Lipinski definition) is 0. The first-order chi connectivity index (χ1) is 15.0. The lowest BCUT2D eigenvalue weighted by molar-refractivity contribution is -0.138. The number of likely N-dealkylation sites (tertiary alicyclic amines) is 1. The first-order valence-electron chi connectivity index (χ1n) is 11.4. The maximum absolute atomic E-state index is 13.6. The summed E-state index contributed by atoms with van der Waals surface area (Å²) in [6.45, 7) is 3.72. The molecule has 0 bridgehead atoms. The molecular weight excluding hydrogens is 408 g/mol. The first kappa shape index (κ1) is 22.0. The van der Waals surface area contributed by atoms with E-state index in [9.17, 15) is 13.2 Å². The van der Waals surface area contributed by atoms with Crippen LogP contribution in [0, 0.1) is 5.92 Å². The predicted molar refractivity (Wildman–Crippen MR) is 122 cm³/mol. The van der Waals surface area contributed by atoms with Crippen LogP contribution in [0.2, 0.25) is 0 Å². The maximum atomic E-state index is 13.6. The molecule has 2 aliphatic heterocycles. The van der Waals surface area contributed by atoms with Crippen molar-refractivity contribution in [3.8, 4) is 0 Å². The number of nitrogens with zero attached hydrogens (tertiary/aromatic N) is 2. The van der Waals surface area contributed by atoms with E-state index in [0.29, 0.717) is 17.4 Å². The summed E-state index contributed by atoms with van der Waals surface area (Å²) in [4.78, 5) is 15.9. The van der Waals surface area contributed by atoms with Gasteiger partial charge in [0.05, 0.1) is 10.8 Å². The quantitative estimate of drug-likeness (QED) is 0.674. The summed E-state index contributed by atoms with van der Waals surface area (Å²) >= 11 is 0. The van der Waals surface area contributed by atoms with Crippen LogP contribution in [-0.2, 0) is 14.8 Å². The molecule has 2 fully saturated rings. The van der Waals surface area contributed by atoms with E-state index in [1.807, 2.05) is 12.1 Å². The molecule has 2 aromatic rings. The largest absolute Gasteiger partial charge is 0.339 e. The summed E-state index contributed by atoms with van der Waals surface area (Å²) in [5, 5.41) is 0. The van der Waals surface area contributed by atoms with Crippen molar-refractivity contribution in [2.45, 2.75) is 55.9 Å². The molecule has 2 aliphatic rings. The standard InChI is InChI=1S/C25H32N2O3S/c1-2-23(20-11-5-3-6-12-20)24-16-10-18-27(24)25(28)21-13-9-17-26(19-21)31(29,30)22-14-7-4-8-15-22/h3-8,11-12,14-15,21,23-24H,2,9-10,13,16-19H2,1H3/t21-,23+,24-/m0/s1. The molecule has 3 atom stereocenters. The fourth-order valence-corrected chi connectivity index (χ4v) is 6.80. The fraction of sp³-hybridized carbons (Fsp3) is 0.480. The lowest BCUT2D eigenvalue weighted by Gasteiger charge is -2.37. The van der Waals surface area contributed by atoms with E-state index in [1.54, 1.807) is 24.3 Å². The summed E-state index contributed by atoms with van der Waals surface area (Å²) < 4.78 is 27.7. The summed E-state index contributed by atoms with van der Waals surface area (Å²) in [6.07, 6.45) is 4.48. The number of carbonyl (C=O) groups is 1. The van der Waals surface area contributed by atoms with Crippen molar-refractivity contribution in [2.75, 3.05) is 19.6 Å². The van der Waals surface area contributed by atoms with Crippen molar-refractivity contribution in [3.63, 3.8) is 0 Å². The minimum absolute atomic E-state index is 0.129. The molecule has 0 aliphatic carbocycles. The molecule has 6 heteroatoms. The van der Waals surface area contributed by atoms with Gasteiger partial charge in [0, 0.05) is 31.6 Å². The van der Waals surface area contributed by atoms with Crippen molar-refractivity contribution < 1.29 is 13.2 Å². The van der Waals surface area contributed by atoms with Crippen molar-refractivity contribution in [3.05, 3.63) is 66.2 Å². The molecule has 0 aromatic heterocycles. The Morgan fingerprint density at radius 3 is 2.29 bits per heavy atom. The molecule has 1 amide bonds. The molecule has 0 radical (unpaired) electrons. The molecule has 0 saturated carbocycles. The summed E-state index contributed by atoms with van der Waals surface area (Å²) in [6, 6.07) is 19.2. The molecule has 0 N–H and O–H groups in total. The highest BCUT2D eigenvalue weighted by molar-refractivity contribution is 7.89. The van der Waals surface area contributed by atoms with Gasteiger partial charge in [0.25, 0.3) is 0 Å². The van der Waals surface area contributed by atoms with Gasteiger partial charge in [0.2, 0.25) is 15.9 Å². The zero-order chi connectivity index (χ0) is 21.8. The molecule has 5 nitrogen and oxygen atoms in total. The second kappa shape index (κ2) is 9.53. The molecule has 0 unspecified atom stereocenters. The third-order valence-corrected chi connectivity index (χ3v) is 8.71. The first-order valence-corrected chi connectivity index (χ1v) is 12.9. The molecule has 31 heavy (non-hydrogen) atoms. The topological polar surface area (TPSA) is 57.7 Å². The SMILES string of the molecule is CC[C@H](c1ccccc1)[C@@H]1CCCN1C(=O)[C@H]1CCCN(S(=O)(=O)c2ccccc2)C1.